The highest BCUT2D eigenvalue weighted by Crippen LogP contribution is 2.47. The molecule has 136 valence electrons. The standard InChI is InChI=1S/C21H19N3O2S/c1-14-12-19-21(23-13-14)24(20-18(27(19,25)26)10-5-11-22-20)17-9-4-7-15-6-2-3-8-16(15)17/h4-5,7,9-13H,2-3,6,8H2,1H3. The van der Waals surface area contributed by atoms with Crippen molar-refractivity contribution in [3.8, 4) is 0 Å². The van der Waals surface area contributed by atoms with Crippen molar-refractivity contribution in [2.45, 2.75) is 42.4 Å². The normalized spacial score (nSPS) is 17.0. The largest absolute Gasteiger partial charge is 0.277 e. The van der Waals surface area contributed by atoms with Gasteiger partial charge in [-0.25, -0.2) is 18.4 Å². The summed E-state index contributed by atoms with van der Waals surface area (Å²) < 4.78 is 26.4. The Morgan fingerprint density at radius 2 is 1.78 bits per heavy atom. The van der Waals surface area contributed by atoms with Gasteiger partial charge >= 0.3 is 0 Å². The van der Waals surface area contributed by atoms with Crippen molar-refractivity contribution in [2.75, 3.05) is 4.90 Å². The first-order valence-corrected chi connectivity index (χ1v) is 10.6. The molecule has 1 aliphatic heterocycles. The Morgan fingerprint density at radius 1 is 0.963 bits per heavy atom. The van der Waals surface area contributed by atoms with Crippen LogP contribution >= 0.6 is 0 Å². The van der Waals surface area contributed by atoms with Crippen molar-refractivity contribution in [1.29, 1.82) is 0 Å². The molecule has 0 N–H and O–H groups in total. The third kappa shape index (κ3) is 2.40. The zero-order chi connectivity index (χ0) is 18.6. The smallest absolute Gasteiger partial charge is 0.213 e. The second kappa shape index (κ2) is 5.89. The van der Waals surface area contributed by atoms with Gasteiger partial charge in [0.15, 0.2) is 11.6 Å². The second-order valence-electron chi connectivity index (χ2n) is 7.12. The molecule has 1 aromatic carbocycles. The van der Waals surface area contributed by atoms with Gasteiger partial charge in [0.1, 0.15) is 9.79 Å². The molecule has 5 rings (SSSR count). The SMILES string of the molecule is Cc1cnc2c(c1)S(=O)(=O)c1cccnc1N2c1cccc2c1CCCC2. The molecule has 2 aliphatic rings. The maximum Gasteiger partial charge on any atom is 0.213 e. The number of sulfone groups is 1. The second-order valence-corrected chi connectivity index (χ2v) is 9.01. The van der Waals surface area contributed by atoms with Crippen LogP contribution in [0.5, 0.6) is 0 Å². The summed E-state index contributed by atoms with van der Waals surface area (Å²) in [5.74, 6) is 0.867. The van der Waals surface area contributed by atoms with Gasteiger partial charge in [0.05, 0.1) is 5.69 Å². The Hall–Kier alpha value is -2.73. The van der Waals surface area contributed by atoms with E-state index in [0.29, 0.717) is 11.6 Å². The zero-order valence-corrected chi connectivity index (χ0v) is 15.8. The molecule has 0 unspecified atom stereocenters. The number of rotatable bonds is 1. The fourth-order valence-electron chi connectivity index (χ4n) is 4.08. The van der Waals surface area contributed by atoms with Gasteiger partial charge in [-0.2, -0.15) is 0 Å². The lowest BCUT2D eigenvalue weighted by Gasteiger charge is -2.33. The maximum absolute atomic E-state index is 13.2. The number of hydrogen-bond donors (Lipinski definition) is 0. The summed E-state index contributed by atoms with van der Waals surface area (Å²) in [7, 11) is -3.65. The minimum Gasteiger partial charge on any atom is -0.277 e. The predicted molar refractivity (Wildman–Crippen MR) is 104 cm³/mol. The van der Waals surface area contributed by atoms with Crippen LogP contribution in [-0.4, -0.2) is 18.4 Å². The molecule has 2 aromatic heterocycles. The quantitative estimate of drug-likeness (QED) is 0.495. The van der Waals surface area contributed by atoms with Crippen molar-refractivity contribution >= 4 is 27.2 Å². The molecule has 3 heterocycles. The predicted octanol–water partition coefficient (Wildman–Crippen LogP) is 4.28. The van der Waals surface area contributed by atoms with E-state index in [0.717, 1.165) is 30.5 Å². The third-order valence-corrected chi connectivity index (χ3v) is 7.11. The van der Waals surface area contributed by atoms with E-state index >= 15 is 0 Å². The van der Waals surface area contributed by atoms with Crippen LogP contribution in [0.15, 0.2) is 58.6 Å². The fraction of sp³-hybridized carbons (Fsp3) is 0.238. The number of fused-ring (bicyclic) bond motifs is 3. The molecule has 0 fully saturated rings. The first kappa shape index (κ1) is 16.4. The number of aryl methyl sites for hydroxylation is 2. The summed E-state index contributed by atoms with van der Waals surface area (Å²) in [6.07, 6.45) is 7.71. The maximum atomic E-state index is 13.2. The van der Waals surface area contributed by atoms with Gasteiger partial charge in [0.25, 0.3) is 0 Å². The average molecular weight is 377 g/mol. The van der Waals surface area contributed by atoms with E-state index in [1.807, 2.05) is 24.0 Å². The van der Waals surface area contributed by atoms with Gasteiger partial charge in [0.2, 0.25) is 9.84 Å². The Balaban J connectivity index is 1.85. The van der Waals surface area contributed by atoms with E-state index in [-0.39, 0.29) is 9.79 Å². The van der Waals surface area contributed by atoms with Gasteiger partial charge in [0, 0.05) is 12.4 Å². The fourth-order valence-corrected chi connectivity index (χ4v) is 5.68. The van der Waals surface area contributed by atoms with Crippen LogP contribution in [0.1, 0.15) is 29.5 Å². The highest BCUT2D eigenvalue weighted by atomic mass is 32.2. The molecule has 1 aliphatic carbocycles. The molecule has 0 bridgehead atoms. The molecule has 0 amide bonds. The van der Waals surface area contributed by atoms with E-state index in [1.165, 1.54) is 17.5 Å². The Labute approximate surface area is 158 Å². The van der Waals surface area contributed by atoms with E-state index in [9.17, 15) is 8.42 Å². The van der Waals surface area contributed by atoms with Crippen LogP contribution in [0.25, 0.3) is 0 Å². The first-order valence-electron chi connectivity index (χ1n) is 9.15. The molecule has 27 heavy (non-hydrogen) atoms. The van der Waals surface area contributed by atoms with Gasteiger partial charge < -0.3 is 0 Å². The number of nitrogens with zero attached hydrogens (tertiary/aromatic N) is 3. The van der Waals surface area contributed by atoms with Crippen molar-refractivity contribution in [2.24, 2.45) is 0 Å². The van der Waals surface area contributed by atoms with Crippen LogP contribution in [0.4, 0.5) is 17.3 Å². The molecule has 6 heteroatoms. The molecule has 0 saturated carbocycles. The minimum absolute atomic E-state index is 0.235. The number of aromatic nitrogens is 2. The van der Waals surface area contributed by atoms with Crippen LogP contribution in [0.2, 0.25) is 0 Å². The van der Waals surface area contributed by atoms with E-state index < -0.39 is 9.84 Å². The summed E-state index contributed by atoms with van der Waals surface area (Å²) in [4.78, 5) is 11.4. The van der Waals surface area contributed by atoms with Crippen LogP contribution in [0.3, 0.4) is 0 Å². The van der Waals surface area contributed by atoms with Crippen molar-refractivity contribution < 1.29 is 8.42 Å². The lowest BCUT2D eigenvalue weighted by Crippen LogP contribution is -2.26. The van der Waals surface area contributed by atoms with E-state index in [4.69, 9.17) is 0 Å². The summed E-state index contributed by atoms with van der Waals surface area (Å²) >= 11 is 0. The number of hydrogen-bond acceptors (Lipinski definition) is 5. The van der Waals surface area contributed by atoms with Gasteiger partial charge in [-0.15, -0.1) is 0 Å². The van der Waals surface area contributed by atoms with Crippen molar-refractivity contribution in [3.05, 3.63) is 65.5 Å². The summed E-state index contributed by atoms with van der Waals surface area (Å²) in [6, 6.07) is 11.3. The van der Waals surface area contributed by atoms with Crippen molar-refractivity contribution in [1.82, 2.24) is 9.97 Å². The average Bonchev–Trinajstić information content (AvgIpc) is 2.69. The van der Waals surface area contributed by atoms with Crippen molar-refractivity contribution in [3.63, 3.8) is 0 Å². The Morgan fingerprint density at radius 3 is 2.67 bits per heavy atom. The first-order chi connectivity index (χ1) is 13.1. The molecule has 0 atom stereocenters. The van der Waals surface area contributed by atoms with Crippen LogP contribution in [0, 0.1) is 6.92 Å². The lowest BCUT2D eigenvalue weighted by molar-refractivity contribution is 0.593. The topological polar surface area (TPSA) is 63.2 Å². The van der Waals surface area contributed by atoms with Gasteiger partial charge in [-0.1, -0.05) is 12.1 Å². The van der Waals surface area contributed by atoms with Crippen LogP contribution < -0.4 is 4.90 Å². The molecule has 3 aromatic rings. The summed E-state index contributed by atoms with van der Waals surface area (Å²) in [6.45, 7) is 1.86. The van der Waals surface area contributed by atoms with E-state index in [2.05, 4.69) is 16.0 Å². The van der Waals surface area contributed by atoms with Crippen LogP contribution in [-0.2, 0) is 22.7 Å². The number of pyridine rings is 2. The lowest BCUT2D eigenvalue weighted by atomic mass is 9.90. The number of anilines is 3. The third-order valence-electron chi connectivity index (χ3n) is 5.34. The molecular weight excluding hydrogens is 358 g/mol. The molecule has 5 nitrogen and oxygen atoms in total. The zero-order valence-electron chi connectivity index (χ0n) is 15.0. The summed E-state index contributed by atoms with van der Waals surface area (Å²) in [5.41, 5.74) is 4.41. The Bertz CT molecular complexity index is 1170. The molecule has 0 radical (unpaired) electrons. The van der Waals surface area contributed by atoms with Gasteiger partial charge in [-0.05, 0) is 73.6 Å². The number of benzene rings is 1. The minimum atomic E-state index is -3.65. The molecule has 0 saturated heterocycles. The van der Waals surface area contributed by atoms with E-state index in [1.54, 1.807) is 30.6 Å². The highest BCUT2D eigenvalue weighted by Gasteiger charge is 2.38. The Kier molecular flexibility index (Phi) is 3.59. The molecular formula is C21H19N3O2S. The molecule has 0 spiro atoms. The summed E-state index contributed by atoms with van der Waals surface area (Å²) in [5, 5.41) is 0. The monoisotopic (exact) mass is 377 g/mol. The van der Waals surface area contributed by atoms with Gasteiger partial charge in [-0.3, -0.25) is 4.90 Å². The highest BCUT2D eigenvalue weighted by molar-refractivity contribution is 7.92.